The van der Waals surface area contributed by atoms with Crippen LogP contribution in [0.1, 0.15) is 44.8 Å². The average molecular weight is 263 g/mol. The van der Waals surface area contributed by atoms with Crippen molar-refractivity contribution in [3.8, 4) is 0 Å². The third-order valence-corrected chi connectivity index (χ3v) is 3.85. The standard InChI is InChI=1S/C16H25NO2/c1-3-16(18)14-9-5-6-10-15(14)17(4-2)12-13-8-7-11-19-13/h5-6,9-10,13,16,18H,3-4,7-8,11-12H2,1-2H3. The predicted molar refractivity (Wildman–Crippen MR) is 78.6 cm³/mol. The number of ether oxygens (including phenoxy) is 1. The number of rotatable bonds is 6. The Hall–Kier alpha value is -1.06. The van der Waals surface area contributed by atoms with Gasteiger partial charge in [-0.05, 0) is 32.3 Å². The van der Waals surface area contributed by atoms with Crippen LogP contribution in [0, 0.1) is 0 Å². The zero-order valence-electron chi connectivity index (χ0n) is 12.0. The first-order valence-corrected chi connectivity index (χ1v) is 7.39. The molecule has 1 heterocycles. The van der Waals surface area contributed by atoms with Gasteiger partial charge in [-0.2, -0.15) is 0 Å². The molecule has 1 aliphatic rings. The smallest absolute Gasteiger partial charge is 0.0807 e. The Morgan fingerprint density at radius 3 is 2.79 bits per heavy atom. The van der Waals surface area contributed by atoms with E-state index in [-0.39, 0.29) is 6.10 Å². The topological polar surface area (TPSA) is 32.7 Å². The maximum atomic E-state index is 10.2. The molecule has 0 amide bonds. The average Bonchev–Trinajstić information content (AvgIpc) is 2.97. The van der Waals surface area contributed by atoms with E-state index < -0.39 is 0 Å². The molecule has 19 heavy (non-hydrogen) atoms. The van der Waals surface area contributed by atoms with E-state index in [1.807, 2.05) is 25.1 Å². The number of aliphatic hydroxyl groups excluding tert-OH is 1. The van der Waals surface area contributed by atoms with Gasteiger partial charge in [0.25, 0.3) is 0 Å². The Balaban J connectivity index is 2.16. The summed E-state index contributed by atoms with van der Waals surface area (Å²) in [5.74, 6) is 0. The lowest BCUT2D eigenvalue weighted by Crippen LogP contribution is -2.32. The summed E-state index contributed by atoms with van der Waals surface area (Å²) in [6.07, 6.45) is 3.02. The normalized spacial score (nSPS) is 20.5. The lowest BCUT2D eigenvalue weighted by atomic mass is 10.0. The van der Waals surface area contributed by atoms with Crippen LogP contribution in [0.2, 0.25) is 0 Å². The highest BCUT2D eigenvalue weighted by atomic mass is 16.5. The van der Waals surface area contributed by atoms with Gasteiger partial charge in [0.15, 0.2) is 0 Å². The first kappa shape index (κ1) is 14.4. The fourth-order valence-corrected chi connectivity index (χ4v) is 2.71. The first-order chi connectivity index (χ1) is 9.26. The largest absolute Gasteiger partial charge is 0.388 e. The van der Waals surface area contributed by atoms with Gasteiger partial charge in [0.05, 0.1) is 12.2 Å². The number of nitrogens with zero attached hydrogens (tertiary/aromatic N) is 1. The molecule has 1 N–H and O–H groups in total. The van der Waals surface area contributed by atoms with Crippen molar-refractivity contribution < 1.29 is 9.84 Å². The van der Waals surface area contributed by atoms with Crippen LogP contribution in [-0.2, 0) is 4.74 Å². The summed E-state index contributed by atoms with van der Waals surface area (Å²) in [7, 11) is 0. The molecule has 1 saturated heterocycles. The highest BCUT2D eigenvalue weighted by molar-refractivity contribution is 5.54. The van der Waals surface area contributed by atoms with Crippen molar-refractivity contribution >= 4 is 5.69 Å². The predicted octanol–water partition coefficient (Wildman–Crippen LogP) is 3.14. The fraction of sp³-hybridized carbons (Fsp3) is 0.625. The van der Waals surface area contributed by atoms with Gasteiger partial charge in [-0.25, -0.2) is 0 Å². The van der Waals surface area contributed by atoms with Crippen molar-refractivity contribution in [2.24, 2.45) is 0 Å². The van der Waals surface area contributed by atoms with Crippen molar-refractivity contribution in [3.05, 3.63) is 29.8 Å². The molecule has 0 bridgehead atoms. The highest BCUT2D eigenvalue weighted by Gasteiger charge is 2.21. The minimum absolute atomic E-state index is 0.340. The van der Waals surface area contributed by atoms with E-state index in [0.29, 0.717) is 6.10 Å². The summed E-state index contributed by atoms with van der Waals surface area (Å²) < 4.78 is 5.73. The maximum absolute atomic E-state index is 10.2. The molecular weight excluding hydrogens is 238 g/mol. The monoisotopic (exact) mass is 263 g/mol. The number of aliphatic hydroxyl groups is 1. The molecule has 1 aliphatic heterocycles. The van der Waals surface area contributed by atoms with Crippen LogP contribution < -0.4 is 4.90 Å². The van der Waals surface area contributed by atoms with Crippen molar-refractivity contribution in [3.63, 3.8) is 0 Å². The molecule has 0 spiro atoms. The van der Waals surface area contributed by atoms with E-state index in [2.05, 4.69) is 17.9 Å². The van der Waals surface area contributed by atoms with Gasteiger partial charge in [-0.15, -0.1) is 0 Å². The molecule has 2 unspecified atom stereocenters. The van der Waals surface area contributed by atoms with E-state index in [1.54, 1.807) is 0 Å². The van der Waals surface area contributed by atoms with Gasteiger partial charge in [0.1, 0.15) is 0 Å². The Morgan fingerprint density at radius 2 is 2.16 bits per heavy atom. The van der Waals surface area contributed by atoms with E-state index in [4.69, 9.17) is 4.74 Å². The molecule has 1 aromatic rings. The Morgan fingerprint density at radius 1 is 1.37 bits per heavy atom. The summed E-state index contributed by atoms with van der Waals surface area (Å²) in [4.78, 5) is 2.32. The van der Waals surface area contributed by atoms with E-state index >= 15 is 0 Å². The van der Waals surface area contributed by atoms with Gasteiger partial charge >= 0.3 is 0 Å². The fourth-order valence-electron chi connectivity index (χ4n) is 2.71. The van der Waals surface area contributed by atoms with Gasteiger partial charge in [-0.1, -0.05) is 25.1 Å². The van der Waals surface area contributed by atoms with Crippen LogP contribution in [0.15, 0.2) is 24.3 Å². The third kappa shape index (κ3) is 3.48. The van der Waals surface area contributed by atoms with Crippen LogP contribution >= 0.6 is 0 Å². The molecule has 3 heteroatoms. The Labute approximate surface area is 116 Å². The molecule has 1 fully saturated rings. The van der Waals surface area contributed by atoms with E-state index in [0.717, 1.165) is 43.8 Å². The molecular formula is C16H25NO2. The molecule has 3 nitrogen and oxygen atoms in total. The van der Waals surface area contributed by atoms with Gasteiger partial charge in [0, 0.05) is 30.9 Å². The van der Waals surface area contributed by atoms with Gasteiger partial charge in [-0.3, -0.25) is 0 Å². The molecule has 0 saturated carbocycles. The second-order valence-corrected chi connectivity index (χ2v) is 5.16. The SMILES string of the molecule is CCC(O)c1ccccc1N(CC)CC1CCCO1. The van der Waals surface area contributed by atoms with Crippen LogP contribution in [-0.4, -0.2) is 30.9 Å². The number of hydrogen-bond acceptors (Lipinski definition) is 3. The zero-order valence-corrected chi connectivity index (χ0v) is 12.0. The summed E-state index contributed by atoms with van der Waals surface area (Å²) in [6.45, 7) is 6.92. The number of benzene rings is 1. The number of para-hydroxylation sites is 1. The molecule has 106 valence electrons. The highest BCUT2D eigenvalue weighted by Crippen LogP contribution is 2.29. The Bertz CT molecular complexity index is 388. The summed E-state index contributed by atoms with van der Waals surface area (Å²) in [6, 6.07) is 8.17. The molecule has 0 radical (unpaired) electrons. The second-order valence-electron chi connectivity index (χ2n) is 5.16. The maximum Gasteiger partial charge on any atom is 0.0807 e. The minimum atomic E-state index is -0.380. The summed E-state index contributed by atoms with van der Waals surface area (Å²) in [5, 5.41) is 10.2. The lowest BCUT2D eigenvalue weighted by molar-refractivity contribution is 0.115. The quantitative estimate of drug-likeness (QED) is 0.856. The van der Waals surface area contributed by atoms with E-state index in [9.17, 15) is 5.11 Å². The van der Waals surface area contributed by atoms with Crippen molar-refractivity contribution in [1.29, 1.82) is 0 Å². The molecule has 2 rings (SSSR count). The zero-order chi connectivity index (χ0) is 13.7. The number of likely N-dealkylation sites (N-methyl/N-ethyl adjacent to an activating group) is 1. The number of anilines is 1. The summed E-state index contributed by atoms with van der Waals surface area (Å²) in [5.41, 5.74) is 2.18. The number of hydrogen-bond donors (Lipinski definition) is 1. The van der Waals surface area contributed by atoms with E-state index in [1.165, 1.54) is 6.42 Å². The first-order valence-electron chi connectivity index (χ1n) is 7.39. The molecule has 0 aliphatic carbocycles. The third-order valence-electron chi connectivity index (χ3n) is 3.85. The van der Waals surface area contributed by atoms with Crippen molar-refractivity contribution in [2.75, 3.05) is 24.6 Å². The van der Waals surface area contributed by atoms with Crippen LogP contribution in [0.25, 0.3) is 0 Å². The minimum Gasteiger partial charge on any atom is -0.388 e. The summed E-state index contributed by atoms with van der Waals surface area (Å²) >= 11 is 0. The van der Waals surface area contributed by atoms with Crippen LogP contribution in [0.4, 0.5) is 5.69 Å². The molecule has 0 aromatic heterocycles. The van der Waals surface area contributed by atoms with Crippen LogP contribution in [0.3, 0.4) is 0 Å². The lowest BCUT2D eigenvalue weighted by Gasteiger charge is -2.29. The van der Waals surface area contributed by atoms with Gasteiger partial charge < -0.3 is 14.7 Å². The second kappa shape index (κ2) is 6.92. The Kier molecular flexibility index (Phi) is 5.23. The molecule has 2 atom stereocenters. The van der Waals surface area contributed by atoms with Crippen molar-refractivity contribution in [2.45, 2.75) is 45.3 Å². The molecule has 1 aromatic carbocycles. The van der Waals surface area contributed by atoms with Crippen molar-refractivity contribution in [1.82, 2.24) is 0 Å². The van der Waals surface area contributed by atoms with Gasteiger partial charge in [0.2, 0.25) is 0 Å². The van der Waals surface area contributed by atoms with Crippen LogP contribution in [0.5, 0.6) is 0 Å².